The number of para-hydroxylation sites is 1. The Morgan fingerprint density at radius 2 is 0.936 bits per heavy atom. The number of pyridine rings is 1. The lowest BCUT2D eigenvalue weighted by atomic mass is 9.95. The van der Waals surface area contributed by atoms with E-state index in [1.54, 1.807) is 0 Å². The van der Waals surface area contributed by atoms with E-state index >= 15 is 0 Å². The fraction of sp³-hybridized carbons (Fsp3) is 0. The SMILES string of the molecule is c1ccc(-c2cc(-c3cccc(-c4cccc(-c5c6ccccc6nc6c5sc5ccccc56)c4)c3)nc(-c3ccccc3)n2)cc1. The van der Waals surface area contributed by atoms with Crippen LogP contribution >= 0.6 is 11.3 Å². The maximum atomic E-state index is 5.13. The third-order valence-electron chi connectivity index (χ3n) is 8.67. The second-order valence-electron chi connectivity index (χ2n) is 11.6. The molecule has 0 aliphatic carbocycles. The van der Waals surface area contributed by atoms with Crippen LogP contribution in [0.4, 0.5) is 0 Å². The first kappa shape index (κ1) is 27.3. The van der Waals surface area contributed by atoms with Gasteiger partial charge in [-0.05, 0) is 47.0 Å². The molecule has 0 aliphatic heterocycles. The minimum Gasteiger partial charge on any atom is -0.246 e. The topological polar surface area (TPSA) is 38.7 Å². The van der Waals surface area contributed by atoms with E-state index in [0.29, 0.717) is 5.82 Å². The summed E-state index contributed by atoms with van der Waals surface area (Å²) in [4.78, 5) is 15.2. The number of rotatable bonds is 5. The van der Waals surface area contributed by atoms with E-state index < -0.39 is 0 Å². The van der Waals surface area contributed by atoms with Crippen molar-refractivity contribution in [1.82, 2.24) is 15.0 Å². The summed E-state index contributed by atoms with van der Waals surface area (Å²) >= 11 is 1.82. The molecular formula is C43H27N3S. The molecule has 0 fully saturated rings. The third kappa shape index (κ3) is 4.96. The van der Waals surface area contributed by atoms with Crippen LogP contribution in [-0.4, -0.2) is 15.0 Å². The van der Waals surface area contributed by atoms with Crippen LogP contribution in [0.25, 0.3) is 87.4 Å². The summed E-state index contributed by atoms with van der Waals surface area (Å²) in [5.41, 5.74) is 11.7. The van der Waals surface area contributed by atoms with Gasteiger partial charge in [0.2, 0.25) is 0 Å². The van der Waals surface area contributed by atoms with E-state index in [2.05, 4.69) is 127 Å². The molecule has 0 unspecified atom stereocenters. The standard InChI is InChI=1S/C43H27N3S/c1-3-13-28(14-4-1)37-27-38(46-43(45-37)29-15-5-2-6-16-29)32-19-11-17-30(25-32)31-18-12-20-33(26-31)40-34-21-7-9-23-36(34)44-41-35-22-8-10-24-39(35)47-42(40)41/h1-27H. The van der Waals surface area contributed by atoms with Gasteiger partial charge in [-0.2, -0.15) is 0 Å². The highest BCUT2D eigenvalue weighted by atomic mass is 32.1. The van der Waals surface area contributed by atoms with E-state index in [-0.39, 0.29) is 0 Å². The normalized spacial score (nSPS) is 11.4. The van der Waals surface area contributed by atoms with Crippen LogP contribution in [0.3, 0.4) is 0 Å². The van der Waals surface area contributed by atoms with Crippen molar-refractivity contribution >= 4 is 42.5 Å². The first-order valence-electron chi connectivity index (χ1n) is 15.7. The first-order valence-corrected chi connectivity index (χ1v) is 16.5. The molecular weight excluding hydrogens is 591 g/mol. The van der Waals surface area contributed by atoms with Crippen molar-refractivity contribution in [3.05, 3.63) is 164 Å². The molecule has 0 spiro atoms. The molecule has 0 saturated carbocycles. The van der Waals surface area contributed by atoms with E-state index in [9.17, 15) is 0 Å². The van der Waals surface area contributed by atoms with Crippen LogP contribution in [0, 0.1) is 0 Å². The van der Waals surface area contributed by atoms with Gasteiger partial charge in [0, 0.05) is 37.7 Å². The van der Waals surface area contributed by atoms with E-state index in [1.165, 1.54) is 31.3 Å². The van der Waals surface area contributed by atoms with Gasteiger partial charge in [-0.1, -0.05) is 133 Å². The Kier molecular flexibility index (Phi) is 6.65. The van der Waals surface area contributed by atoms with Crippen LogP contribution in [0.5, 0.6) is 0 Å². The lowest BCUT2D eigenvalue weighted by molar-refractivity contribution is 1.18. The van der Waals surface area contributed by atoms with Gasteiger partial charge < -0.3 is 0 Å². The average Bonchev–Trinajstić information content (AvgIpc) is 3.52. The third-order valence-corrected chi connectivity index (χ3v) is 9.85. The number of aromatic nitrogens is 3. The second-order valence-corrected chi connectivity index (χ2v) is 12.7. The molecule has 0 amide bonds. The van der Waals surface area contributed by atoms with Crippen molar-refractivity contribution in [3.8, 4) is 56.2 Å². The lowest BCUT2D eigenvalue weighted by Gasteiger charge is -2.12. The predicted molar refractivity (Wildman–Crippen MR) is 197 cm³/mol. The minimum atomic E-state index is 0.714. The van der Waals surface area contributed by atoms with Gasteiger partial charge in [0.05, 0.1) is 27.1 Å². The van der Waals surface area contributed by atoms with Gasteiger partial charge >= 0.3 is 0 Å². The molecule has 9 aromatic rings. The monoisotopic (exact) mass is 617 g/mol. The summed E-state index contributed by atoms with van der Waals surface area (Å²) in [6.45, 7) is 0. The Morgan fingerprint density at radius 1 is 0.383 bits per heavy atom. The molecule has 9 rings (SSSR count). The summed E-state index contributed by atoms with van der Waals surface area (Å²) < 4.78 is 2.48. The van der Waals surface area contributed by atoms with Gasteiger partial charge in [-0.15, -0.1) is 11.3 Å². The number of hydrogen-bond acceptors (Lipinski definition) is 4. The predicted octanol–water partition coefficient (Wildman–Crippen LogP) is 11.7. The van der Waals surface area contributed by atoms with Crippen LogP contribution in [0.15, 0.2) is 164 Å². The Labute approximate surface area is 276 Å². The van der Waals surface area contributed by atoms with Gasteiger partial charge in [-0.3, -0.25) is 0 Å². The highest BCUT2D eigenvalue weighted by molar-refractivity contribution is 7.26. The largest absolute Gasteiger partial charge is 0.246 e. The molecule has 4 heteroatoms. The number of thiophene rings is 1. The molecule has 220 valence electrons. The Bertz CT molecular complexity index is 2510. The molecule has 0 atom stereocenters. The Balaban J connectivity index is 1.19. The molecule has 0 saturated heterocycles. The van der Waals surface area contributed by atoms with Crippen molar-refractivity contribution < 1.29 is 0 Å². The maximum Gasteiger partial charge on any atom is 0.160 e. The van der Waals surface area contributed by atoms with Crippen molar-refractivity contribution in [2.75, 3.05) is 0 Å². The van der Waals surface area contributed by atoms with Crippen molar-refractivity contribution in [1.29, 1.82) is 0 Å². The Hall–Kier alpha value is -5.97. The number of fused-ring (bicyclic) bond motifs is 4. The molecule has 0 radical (unpaired) electrons. The summed E-state index contributed by atoms with van der Waals surface area (Å²) in [5, 5.41) is 2.37. The summed E-state index contributed by atoms with van der Waals surface area (Å²) in [7, 11) is 0. The zero-order valence-electron chi connectivity index (χ0n) is 25.3. The zero-order chi connectivity index (χ0) is 31.2. The van der Waals surface area contributed by atoms with E-state index in [0.717, 1.165) is 50.2 Å². The smallest absolute Gasteiger partial charge is 0.160 e. The highest BCUT2D eigenvalue weighted by Crippen LogP contribution is 2.43. The molecule has 0 N–H and O–H groups in total. The number of hydrogen-bond donors (Lipinski definition) is 0. The molecule has 3 heterocycles. The maximum absolute atomic E-state index is 5.13. The summed E-state index contributed by atoms with van der Waals surface area (Å²) in [5.74, 6) is 0.714. The molecule has 6 aromatic carbocycles. The van der Waals surface area contributed by atoms with Crippen LogP contribution < -0.4 is 0 Å². The fourth-order valence-electron chi connectivity index (χ4n) is 6.40. The average molecular weight is 618 g/mol. The lowest BCUT2D eigenvalue weighted by Crippen LogP contribution is -1.96. The second kappa shape index (κ2) is 11.4. The molecule has 47 heavy (non-hydrogen) atoms. The summed E-state index contributed by atoms with van der Waals surface area (Å²) in [6.07, 6.45) is 0. The van der Waals surface area contributed by atoms with E-state index in [1.807, 2.05) is 47.7 Å². The fourth-order valence-corrected chi connectivity index (χ4v) is 7.63. The first-order chi connectivity index (χ1) is 23.3. The van der Waals surface area contributed by atoms with Crippen molar-refractivity contribution in [2.45, 2.75) is 0 Å². The quantitative estimate of drug-likeness (QED) is 0.193. The van der Waals surface area contributed by atoms with Crippen LogP contribution in [0.2, 0.25) is 0 Å². The number of nitrogens with zero attached hydrogens (tertiary/aromatic N) is 3. The van der Waals surface area contributed by atoms with Gasteiger partial charge in [0.15, 0.2) is 5.82 Å². The van der Waals surface area contributed by atoms with Crippen LogP contribution in [-0.2, 0) is 0 Å². The molecule has 3 nitrogen and oxygen atoms in total. The van der Waals surface area contributed by atoms with Crippen molar-refractivity contribution in [2.24, 2.45) is 0 Å². The number of benzene rings is 6. The Morgan fingerprint density at radius 3 is 1.70 bits per heavy atom. The molecule has 3 aromatic heterocycles. The van der Waals surface area contributed by atoms with E-state index in [4.69, 9.17) is 15.0 Å². The minimum absolute atomic E-state index is 0.714. The van der Waals surface area contributed by atoms with Crippen LogP contribution in [0.1, 0.15) is 0 Å². The molecule has 0 bridgehead atoms. The van der Waals surface area contributed by atoms with Gasteiger partial charge in [0.25, 0.3) is 0 Å². The zero-order valence-corrected chi connectivity index (χ0v) is 26.2. The summed E-state index contributed by atoms with van der Waals surface area (Å²) in [6, 6.07) is 57.2. The van der Waals surface area contributed by atoms with Gasteiger partial charge in [-0.25, -0.2) is 15.0 Å². The van der Waals surface area contributed by atoms with Gasteiger partial charge in [0.1, 0.15) is 0 Å². The highest BCUT2D eigenvalue weighted by Gasteiger charge is 2.17. The van der Waals surface area contributed by atoms with Crippen molar-refractivity contribution in [3.63, 3.8) is 0 Å². The molecule has 0 aliphatic rings.